The van der Waals surface area contributed by atoms with Gasteiger partial charge in [0.15, 0.2) is 0 Å². The van der Waals surface area contributed by atoms with Crippen LogP contribution < -0.4 is 85.1 Å². The Morgan fingerprint density at radius 2 is 0.603 bits per heavy atom. The van der Waals surface area contributed by atoms with Crippen LogP contribution in [0.4, 0.5) is 112 Å². The topological polar surface area (TPSA) is 541 Å². The molecule has 0 aliphatic carbocycles. The molecule has 0 aliphatic rings. The van der Waals surface area contributed by atoms with Gasteiger partial charge < -0.3 is 85.1 Å². The number of hydrogen-bond acceptors (Lipinski definition) is 32. The minimum atomic E-state index is 0.248. The van der Waals surface area contributed by atoms with Crippen LogP contribution in [-0.2, 0) is 32.4 Å². The van der Waals surface area contributed by atoms with Crippen LogP contribution in [0.15, 0.2) is 170 Å². The van der Waals surface area contributed by atoms with Crippen molar-refractivity contribution in [1.82, 2.24) is 121 Å². The number of halogens is 12. The Labute approximate surface area is 843 Å². The van der Waals surface area contributed by atoms with Gasteiger partial charge in [-0.15, -0.1) is 40.8 Å². The second kappa shape index (κ2) is 55.2. The zero-order chi connectivity index (χ0) is 98.2. The first kappa shape index (κ1) is 107. The number of rotatable bonds is 31. The Balaban J connectivity index is 0.000000174. The molecule has 0 atom stereocenters. The molecule has 0 amide bonds. The first-order valence-corrected chi connectivity index (χ1v) is 45.6. The Kier molecular flexibility index (Phi) is 43.4. The highest BCUT2D eigenvalue weighted by Gasteiger charge is 2.13. The second-order valence-electron chi connectivity index (χ2n) is 29.6. The minimum absolute atomic E-state index is 0.248. The number of aromatic amines is 8. The molecule has 16 aromatic rings. The summed E-state index contributed by atoms with van der Waals surface area (Å²) in [7, 11) is 11.4. The van der Waals surface area contributed by atoms with Crippen molar-refractivity contribution in [2.24, 2.45) is 0 Å². The molecule has 24 N–H and O–H groups in total. The lowest BCUT2D eigenvalue weighted by Gasteiger charge is -2.04. The first-order chi connectivity index (χ1) is 65.1. The number of aromatic nitrogens is 24. The summed E-state index contributed by atoms with van der Waals surface area (Å²) in [6.45, 7) is 11.6. The summed E-state index contributed by atoms with van der Waals surface area (Å²) >= 11 is 70.4. The van der Waals surface area contributed by atoms with Gasteiger partial charge in [-0.25, -0.2) is 40.8 Å². The Morgan fingerprint density at radius 1 is 0.272 bits per heavy atom. The summed E-state index contributed by atoms with van der Waals surface area (Å²) in [5, 5.41) is 91.4. The molecule has 0 bridgehead atoms. The van der Waals surface area contributed by atoms with Crippen molar-refractivity contribution in [1.29, 1.82) is 0 Å². The summed E-state index contributed by atoms with van der Waals surface area (Å²) in [4.78, 5) is 38.5. The lowest BCUT2D eigenvalue weighted by Crippen LogP contribution is -2.11. The van der Waals surface area contributed by atoms with Crippen LogP contribution in [-0.4, -0.2) is 195 Å². The van der Waals surface area contributed by atoms with Gasteiger partial charge in [0, 0.05) is 124 Å². The summed E-state index contributed by atoms with van der Waals surface area (Å²) in [6.07, 6.45) is 2.56. The van der Waals surface area contributed by atoms with Crippen LogP contribution in [0, 0.1) is 0 Å². The molecular formula is C84H100Cl12N40. The molecule has 0 spiro atoms. The smallest absolute Gasteiger partial charge is 0.248 e. The van der Waals surface area contributed by atoms with E-state index in [0.717, 1.165) is 81.2 Å². The van der Waals surface area contributed by atoms with Gasteiger partial charge in [-0.2, -0.15) is 39.9 Å². The maximum Gasteiger partial charge on any atom is 0.248 e. The fraction of sp³-hybridized carbons (Fsp3) is 0.238. The highest BCUT2D eigenvalue weighted by atomic mass is 35.5. The molecule has 16 rings (SSSR count). The highest BCUT2D eigenvalue weighted by Crippen LogP contribution is 2.30. The molecular weight excluding hydrogens is 1990 g/mol. The number of anilines is 19. The van der Waals surface area contributed by atoms with E-state index in [1.165, 1.54) is 11.1 Å². The molecule has 0 saturated heterocycles. The maximum absolute atomic E-state index is 5.93. The fourth-order valence-corrected chi connectivity index (χ4v) is 12.8. The van der Waals surface area contributed by atoms with E-state index in [9.17, 15) is 0 Å². The van der Waals surface area contributed by atoms with Crippen molar-refractivity contribution in [2.75, 3.05) is 147 Å². The standard InChI is InChI=1S/C13H18ClN5.C12H16ClN5.C11H13Cl2N5.C11H14ClN5.C10H11Cl2N5.C10H12ClN5.C9H9Cl2N5.C8H7Cl2N5/c1-9(2)16-13-17-12(18-19-13)15-7-6-10-4-3-5-11(14)8-10;1-18(2)12-15-11(16-17-12)14-7-6-9-4-3-5-10(13)8-9;1-6(2)14-10-16-11(18-17-10)15-7-3-4-8(12)9(13)5-7;1-17(2)11-14-10(15-16-11)13-7-8-4-3-5-9(12)6-8;11-7-2-1-6(5-8(7)12)3-4-14-10-15-9(13)16-17-10;1-16(2)10-13-9(14-15-10)12-8-5-3-4-7(11)6-8;10-6-2-1-5(3-7(6)11)4-13-9-14-8(12)15-16-9;9-5-2-1-4(3-6(5)10)12-8-13-7(11)14-15-8/h3-5,8-9H,6-7H2,1-2H3,(H3,15,16,17,18,19);3-5,8H,6-7H2,1-2H3,(H2,14,15,16,17);3-6H,1-2H3,(H3,14,15,16,17,18);3-6H,7H2,1-2H3,(H2,13,14,15,16);1-2,5H,3-4H2,(H4,13,14,15,16,17);3-6H,1-2H3,(H2,12,13,14,15);1-3H,4H2,(H4,12,13,14,15,16);1-3H,(H4,11,12,13,14,15). The van der Waals surface area contributed by atoms with Crippen LogP contribution >= 0.6 is 139 Å². The molecule has 0 saturated carbocycles. The third-order valence-corrected chi connectivity index (χ3v) is 20.9. The fourth-order valence-electron chi connectivity index (χ4n) is 10.8. The molecule has 40 nitrogen and oxygen atoms in total. The van der Waals surface area contributed by atoms with Crippen LogP contribution in [0.3, 0.4) is 0 Å². The normalized spacial score (nSPS) is 10.4. The Hall–Kier alpha value is -12.8. The van der Waals surface area contributed by atoms with E-state index >= 15 is 0 Å². The van der Waals surface area contributed by atoms with Crippen molar-refractivity contribution in [3.8, 4) is 0 Å². The summed E-state index contributed by atoms with van der Waals surface area (Å²) in [6, 6.07) is 52.7. The zero-order valence-electron chi connectivity index (χ0n) is 74.7. The molecule has 0 radical (unpaired) electrons. The van der Waals surface area contributed by atoms with Gasteiger partial charge >= 0.3 is 0 Å². The van der Waals surface area contributed by atoms with E-state index in [1.54, 1.807) is 48.5 Å². The number of nitrogen functional groups attached to an aromatic ring is 3. The van der Waals surface area contributed by atoms with Gasteiger partial charge in [-0.3, -0.25) is 0 Å². The van der Waals surface area contributed by atoms with Crippen LogP contribution in [0.1, 0.15) is 55.5 Å². The zero-order valence-corrected chi connectivity index (χ0v) is 83.8. The molecule has 136 heavy (non-hydrogen) atoms. The predicted octanol–water partition coefficient (Wildman–Crippen LogP) is 20.3. The molecule has 8 aromatic carbocycles. The summed E-state index contributed by atoms with van der Waals surface area (Å²) in [5.41, 5.74) is 24.1. The van der Waals surface area contributed by atoms with Gasteiger partial charge in [0.2, 0.25) is 95.2 Å². The average molecular weight is 2100 g/mol. The minimum Gasteiger partial charge on any atom is -0.368 e. The number of benzene rings is 8. The van der Waals surface area contributed by atoms with Crippen molar-refractivity contribution in [3.05, 3.63) is 258 Å². The van der Waals surface area contributed by atoms with E-state index in [1.807, 2.05) is 180 Å². The molecule has 52 heteroatoms. The Morgan fingerprint density at radius 3 is 1.06 bits per heavy atom. The van der Waals surface area contributed by atoms with Crippen molar-refractivity contribution >= 4 is 251 Å². The lowest BCUT2D eigenvalue weighted by atomic mass is 10.1. The van der Waals surface area contributed by atoms with Crippen molar-refractivity contribution in [2.45, 2.75) is 72.1 Å². The van der Waals surface area contributed by atoms with E-state index in [2.05, 4.69) is 201 Å². The maximum atomic E-state index is 5.93. The van der Waals surface area contributed by atoms with Gasteiger partial charge in [0.05, 0.1) is 40.2 Å². The van der Waals surface area contributed by atoms with Gasteiger partial charge in [-0.1, -0.05) is 194 Å². The van der Waals surface area contributed by atoms with Crippen molar-refractivity contribution < 1.29 is 0 Å². The van der Waals surface area contributed by atoms with E-state index < -0.39 is 0 Å². The lowest BCUT2D eigenvalue weighted by molar-refractivity contribution is 0.876. The van der Waals surface area contributed by atoms with Crippen LogP contribution in [0.2, 0.25) is 60.3 Å². The van der Waals surface area contributed by atoms with Crippen molar-refractivity contribution in [3.63, 3.8) is 0 Å². The van der Waals surface area contributed by atoms with E-state index in [4.69, 9.17) is 156 Å². The van der Waals surface area contributed by atoms with Gasteiger partial charge in [0.1, 0.15) is 0 Å². The van der Waals surface area contributed by atoms with E-state index in [0.29, 0.717) is 154 Å². The average Bonchev–Trinajstić information content (AvgIpc) is 1.65. The second-order valence-corrected chi connectivity index (χ2v) is 34.7. The van der Waals surface area contributed by atoms with Gasteiger partial charge in [-0.05, 0) is 190 Å². The Bertz CT molecular complexity index is 6270. The monoisotopic (exact) mass is 2090 g/mol. The third-order valence-electron chi connectivity index (χ3n) is 17.0. The molecule has 0 unspecified atom stereocenters. The quantitative estimate of drug-likeness (QED) is 0.0192. The van der Waals surface area contributed by atoms with Gasteiger partial charge in [0.25, 0.3) is 0 Å². The number of hydrogen-bond donors (Lipinski definition) is 21. The molecule has 0 fully saturated rings. The number of nitrogens with one attached hydrogen (secondary N) is 18. The summed E-state index contributed by atoms with van der Waals surface area (Å²) < 4.78 is 0. The molecule has 0 aliphatic heterocycles. The number of nitrogens with two attached hydrogens (primary N) is 3. The SMILES string of the molecule is CC(C)Nc1n[nH]c(Nc2ccc(Cl)c(Cl)c2)n1.CC(C)Nc1nc(NCCc2cccc(Cl)c2)n[nH]1.CN(C)c1n[nH]c(NCCc2cccc(Cl)c2)n1.CN(C)c1n[nH]c(NCc2cccc(Cl)c2)n1.CN(C)c1n[nH]c(Nc2cccc(Cl)c2)n1.Nc1nc(NCCc2ccc(Cl)c(Cl)c2)n[nH]1.Nc1nc(NCc2ccc(Cl)c(Cl)c2)n[nH]1.Nc1nc(Nc2ccc(Cl)c(Cl)c2)n[nH]1. The first-order valence-electron chi connectivity index (χ1n) is 41.1. The third kappa shape index (κ3) is 39.2. The van der Waals surface area contributed by atoms with Crippen LogP contribution in [0.5, 0.6) is 0 Å². The summed E-state index contributed by atoms with van der Waals surface area (Å²) in [5.74, 6) is 8.37. The molecule has 8 aromatic heterocycles. The van der Waals surface area contributed by atoms with E-state index in [-0.39, 0.29) is 17.9 Å². The highest BCUT2D eigenvalue weighted by molar-refractivity contribution is 6.43. The van der Waals surface area contributed by atoms with Crippen LogP contribution in [0.25, 0.3) is 0 Å². The molecule has 720 valence electrons. The largest absolute Gasteiger partial charge is 0.368 e. The number of H-pyrrole nitrogens is 8. The number of nitrogens with zero attached hydrogens (tertiary/aromatic N) is 19. The molecule has 8 heterocycles. The predicted molar refractivity (Wildman–Crippen MR) is 558 cm³/mol.